The fraction of sp³-hybridized carbons (Fsp3) is 0.824. The molecule has 0 spiro atoms. The van der Waals surface area contributed by atoms with E-state index in [0.29, 0.717) is 19.8 Å². The molecule has 6 heteroatoms. The average molecular weight is 646 g/mol. The van der Waals surface area contributed by atoms with Gasteiger partial charge in [-0.2, -0.15) is 0 Å². The molecule has 0 saturated carbocycles. The van der Waals surface area contributed by atoms with Gasteiger partial charge in [0.05, 0.1) is 13.2 Å². The van der Waals surface area contributed by atoms with E-state index in [1.807, 2.05) is 6.07 Å². The van der Waals surface area contributed by atoms with Crippen molar-refractivity contribution in [2.45, 2.75) is 161 Å². The highest BCUT2D eigenvalue weighted by molar-refractivity contribution is 9.10. The molecule has 0 N–H and O–H groups in total. The van der Waals surface area contributed by atoms with Crippen LogP contribution < -0.4 is 0 Å². The minimum absolute atomic E-state index is 0.142. The Kier molecular flexibility index (Phi) is 23.8. The lowest BCUT2D eigenvalue weighted by Crippen LogP contribution is -2.36. The van der Waals surface area contributed by atoms with E-state index >= 15 is 0 Å². The Morgan fingerprint density at radius 2 is 1.23 bits per heavy atom. The Balaban J connectivity index is 2.15. The van der Waals surface area contributed by atoms with Gasteiger partial charge in [-0.25, -0.2) is 4.39 Å². The van der Waals surface area contributed by atoms with Crippen molar-refractivity contribution in [1.29, 1.82) is 0 Å². The molecule has 0 aliphatic rings. The molecule has 1 atom stereocenters. The Labute approximate surface area is 257 Å². The maximum Gasteiger partial charge on any atom is 0.124 e. The lowest BCUT2D eigenvalue weighted by molar-refractivity contribution is -0.0471. The van der Waals surface area contributed by atoms with Crippen LogP contribution >= 0.6 is 15.9 Å². The van der Waals surface area contributed by atoms with Gasteiger partial charge >= 0.3 is 0 Å². The van der Waals surface area contributed by atoms with Gasteiger partial charge in [-0.1, -0.05) is 139 Å². The molecule has 0 amide bonds. The lowest BCUT2D eigenvalue weighted by atomic mass is 10.0. The van der Waals surface area contributed by atoms with Crippen LogP contribution in [-0.2, 0) is 20.5 Å². The summed E-state index contributed by atoms with van der Waals surface area (Å²) in [5.41, 5.74) is 0.817. The Hall–Kier alpha value is -0.273. The van der Waals surface area contributed by atoms with E-state index in [4.69, 9.17) is 13.9 Å². The van der Waals surface area contributed by atoms with Gasteiger partial charge in [-0.15, -0.1) is 19.1 Å². The van der Waals surface area contributed by atoms with Gasteiger partial charge in [-0.05, 0) is 38.5 Å². The van der Waals surface area contributed by atoms with Gasteiger partial charge < -0.3 is 13.9 Å². The summed E-state index contributed by atoms with van der Waals surface area (Å²) < 4.78 is 33.1. The van der Waals surface area contributed by atoms with E-state index in [1.165, 1.54) is 121 Å². The summed E-state index contributed by atoms with van der Waals surface area (Å²) in [5, 5.41) is 0. The van der Waals surface area contributed by atoms with Crippen LogP contribution in [0.25, 0.3) is 0 Å². The molecule has 0 aliphatic heterocycles. The van der Waals surface area contributed by atoms with E-state index in [0.717, 1.165) is 29.1 Å². The Bertz CT molecular complexity index is 698. The minimum atomic E-state index is -1.71. The highest BCUT2D eigenvalue weighted by atomic mass is 79.9. The molecule has 3 nitrogen and oxygen atoms in total. The third-order valence-corrected chi connectivity index (χ3v) is 10.6. The second-order valence-corrected chi connectivity index (χ2v) is 17.5. The van der Waals surface area contributed by atoms with Crippen molar-refractivity contribution < 1.29 is 18.3 Å². The summed E-state index contributed by atoms with van der Waals surface area (Å²) in [5.74, 6) is -0.256. The van der Waals surface area contributed by atoms with Gasteiger partial charge in [0.1, 0.15) is 11.9 Å². The first-order valence-corrected chi connectivity index (χ1v) is 20.6. The molecule has 0 fully saturated rings. The number of unbranched alkanes of at least 4 members (excludes halogenated alkanes) is 16. The van der Waals surface area contributed by atoms with Crippen LogP contribution in [0, 0.1) is 5.82 Å². The summed E-state index contributed by atoms with van der Waals surface area (Å²) in [4.78, 5) is 0. The van der Waals surface area contributed by atoms with Crippen LogP contribution in [0.15, 0.2) is 22.7 Å². The van der Waals surface area contributed by atoms with Gasteiger partial charge in [0.25, 0.3) is 0 Å². The topological polar surface area (TPSA) is 27.7 Å². The Morgan fingerprint density at radius 1 is 0.700 bits per heavy atom. The molecule has 1 rings (SSSR count). The van der Waals surface area contributed by atoms with Crippen molar-refractivity contribution in [2.75, 3.05) is 19.8 Å². The molecule has 0 aliphatic carbocycles. The molecule has 40 heavy (non-hydrogen) atoms. The number of hydrogen-bond donors (Lipinski definition) is 0. The number of rotatable bonds is 28. The van der Waals surface area contributed by atoms with E-state index in [2.05, 4.69) is 42.9 Å². The molecule has 0 aromatic heterocycles. The number of halogens is 2. The van der Waals surface area contributed by atoms with Crippen LogP contribution in [0.4, 0.5) is 4.39 Å². The van der Waals surface area contributed by atoms with E-state index in [-0.39, 0.29) is 11.9 Å². The van der Waals surface area contributed by atoms with Gasteiger partial charge in [0.15, 0.2) is 0 Å². The van der Waals surface area contributed by atoms with Crippen molar-refractivity contribution in [3.05, 3.63) is 34.1 Å². The quantitative estimate of drug-likeness (QED) is 0.0670. The van der Waals surface area contributed by atoms with Crippen LogP contribution in [-0.4, -0.2) is 34.2 Å². The zero-order valence-electron chi connectivity index (χ0n) is 26.6. The largest absolute Gasteiger partial charge is 0.563 e. The SMILES string of the molecule is CCCCCCCCCCCCCCCCCCOC[C@H](CO[Si-](C)(C)CCCC)OCc1cc(F)cc(Br)c1. The van der Waals surface area contributed by atoms with Crippen molar-refractivity contribution >= 4 is 24.2 Å². The predicted octanol–water partition coefficient (Wildman–Crippen LogP) is 11.8. The highest BCUT2D eigenvalue weighted by Gasteiger charge is 2.15. The average Bonchev–Trinajstić information content (AvgIpc) is 2.91. The second kappa shape index (κ2) is 25.2. The second-order valence-electron chi connectivity index (χ2n) is 12.3. The maximum absolute atomic E-state index is 13.8. The van der Waals surface area contributed by atoms with Crippen LogP contribution in [0.5, 0.6) is 0 Å². The minimum Gasteiger partial charge on any atom is -0.563 e. The molecular formula is C34H62BrFO3Si-. The molecule has 235 valence electrons. The summed E-state index contributed by atoms with van der Waals surface area (Å²) in [6, 6.07) is 6.05. The molecule has 1 aromatic carbocycles. The first-order chi connectivity index (χ1) is 19.4. The molecule has 1 aromatic rings. The van der Waals surface area contributed by atoms with Crippen molar-refractivity contribution in [3.63, 3.8) is 0 Å². The first-order valence-electron chi connectivity index (χ1n) is 16.6. The normalized spacial score (nSPS) is 12.8. The van der Waals surface area contributed by atoms with Gasteiger partial charge in [0, 0.05) is 17.7 Å². The summed E-state index contributed by atoms with van der Waals surface area (Å²) in [7, 11) is -1.71. The van der Waals surface area contributed by atoms with Crippen LogP contribution in [0.3, 0.4) is 0 Å². The zero-order valence-corrected chi connectivity index (χ0v) is 29.1. The zero-order chi connectivity index (χ0) is 29.3. The van der Waals surface area contributed by atoms with Crippen molar-refractivity contribution in [3.8, 4) is 0 Å². The standard InChI is InChI=1S/C34H62BrFO3Si/c1-5-7-9-10-11-12-13-14-15-16-17-18-19-20-21-22-23-37-29-34(30-39-40(3,4)24-8-6-2)38-28-31-25-32(35)27-33(36)26-31/h25-27,34H,5-24,28-30H2,1-4H3/q-1/t34-/m1/s1. The number of hydrogen-bond acceptors (Lipinski definition) is 3. The molecule has 0 bridgehead atoms. The van der Waals surface area contributed by atoms with E-state index < -0.39 is 8.32 Å². The fourth-order valence-corrected chi connectivity index (χ4v) is 7.51. The molecular weight excluding hydrogens is 583 g/mol. The molecule has 0 radical (unpaired) electrons. The molecule has 0 saturated heterocycles. The third kappa shape index (κ3) is 22.3. The van der Waals surface area contributed by atoms with Gasteiger partial charge in [0.2, 0.25) is 0 Å². The predicted molar refractivity (Wildman–Crippen MR) is 176 cm³/mol. The number of ether oxygens (including phenoxy) is 2. The molecule has 0 heterocycles. The lowest BCUT2D eigenvalue weighted by Gasteiger charge is -2.37. The monoisotopic (exact) mass is 644 g/mol. The summed E-state index contributed by atoms with van der Waals surface area (Å²) in [6.45, 7) is 11.2. The molecule has 0 unspecified atom stereocenters. The Morgan fingerprint density at radius 3 is 1.75 bits per heavy atom. The third-order valence-electron chi connectivity index (χ3n) is 7.65. The fourth-order valence-electron chi connectivity index (χ4n) is 5.01. The number of benzene rings is 1. The van der Waals surface area contributed by atoms with Crippen molar-refractivity contribution in [1.82, 2.24) is 0 Å². The summed E-state index contributed by atoms with van der Waals surface area (Å²) in [6.07, 6.45) is 24.2. The van der Waals surface area contributed by atoms with E-state index in [9.17, 15) is 4.39 Å². The maximum atomic E-state index is 13.8. The smallest absolute Gasteiger partial charge is 0.124 e. The van der Waals surface area contributed by atoms with E-state index in [1.54, 1.807) is 0 Å². The summed E-state index contributed by atoms with van der Waals surface area (Å²) >= 11 is 3.37. The first kappa shape index (κ1) is 37.8. The highest BCUT2D eigenvalue weighted by Crippen LogP contribution is 2.19. The van der Waals surface area contributed by atoms with Crippen LogP contribution in [0.1, 0.15) is 135 Å². The van der Waals surface area contributed by atoms with Crippen molar-refractivity contribution in [2.24, 2.45) is 0 Å². The van der Waals surface area contributed by atoms with Crippen LogP contribution in [0.2, 0.25) is 19.1 Å². The van der Waals surface area contributed by atoms with Gasteiger partial charge in [-0.3, -0.25) is 0 Å².